The predicted octanol–water partition coefficient (Wildman–Crippen LogP) is 3.70. The summed E-state index contributed by atoms with van der Waals surface area (Å²) < 4.78 is 50.7. The summed E-state index contributed by atoms with van der Waals surface area (Å²) in [5.74, 6) is -0.702. The van der Waals surface area contributed by atoms with Gasteiger partial charge in [-0.1, -0.05) is 6.07 Å². The fourth-order valence-electron chi connectivity index (χ4n) is 2.50. The van der Waals surface area contributed by atoms with Gasteiger partial charge < -0.3 is 9.47 Å². The highest BCUT2D eigenvalue weighted by Crippen LogP contribution is 2.35. The SMILES string of the molecule is COc1cc(C(C)(C)OC)ccc1-c1ccc2nnc(C(F)(F)F)n2n1. The van der Waals surface area contributed by atoms with Crippen LogP contribution in [0.3, 0.4) is 0 Å². The van der Waals surface area contributed by atoms with Crippen molar-refractivity contribution < 1.29 is 22.6 Å². The van der Waals surface area contributed by atoms with E-state index in [9.17, 15) is 13.2 Å². The third-order valence-electron chi connectivity index (χ3n) is 4.20. The zero-order valence-corrected chi connectivity index (χ0v) is 14.6. The lowest BCUT2D eigenvalue weighted by Gasteiger charge is -2.24. The summed E-state index contributed by atoms with van der Waals surface area (Å²) in [6, 6.07) is 8.34. The van der Waals surface area contributed by atoms with Crippen LogP contribution in [0.2, 0.25) is 0 Å². The normalized spacial score (nSPS) is 12.6. The highest BCUT2D eigenvalue weighted by Gasteiger charge is 2.37. The van der Waals surface area contributed by atoms with Crippen molar-refractivity contribution in [2.24, 2.45) is 0 Å². The molecule has 2 aromatic heterocycles. The standard InChI is InChI=1S/C17H17F3N4O2/c1-16(2,26-4)10-5-6-11(13(9-10)25-3)12-7-8-14-21-22-15(17(18,19)20)24(14)23-12/h5-9H,1-4H3. The fourth-order valence-corrected chi connectivity index (χ4v) is 2.50. The molecule has 0 amide bonds. The Balaban J connectivity index is 2.14. The van der Waals surface area contributed by atoms with E-state index in [-0.39, 0.29) is 5.65 Å². The molecule has 0 bridgehead atoms. The van der Waals surface area contributed by atoms with Crippen LogP contribution < -0.4 is 4.74 Å². The third-order valence-corrected chi connectivity index (χ3v) is 4.20. The average Bonchev–Trinajstić information content (AvgIpc) is 3.04. The molecule has 0 fully saturated rings. The van der Waals surface area contributed by atoms with Crippen molar-refractivity contribution in [3.8, 4) is 17.0 Å². The maximum Gasteiger partial charge on any atom is 0.453 e. The molecule has 0 spiro atoms. The average molecular weight is 366 g/mol. The molecule has 1 aromatic carbocycles. The molecular weight excluding hydrogens is 349 g/mol. The van der Waals surface area contributed by atoms with Gasteiger partial charge >= 0.3 is 6.18 Å². The molecule has 3 rings (SSSR count). The highest BCUT2D eigenvalue weighted by molar-refractivity contribution is 5.68. The second kappa shape index (κ2) is 6.24. The number of hydrogen-bond acceptors (Lipinski definition) is 5. The Bertz CT molecular complexity index is 951. The van der Waals surface area contributed by atoms with Crippen molar-refractivity contribution in [1.29, 1.82) is 0 Å². The molecular formula is C17H17F3N4O2. The zero-order chi connectivity index (χ0) is 19.1. The van der Waals surface area contributed by atoms with Crippen LogP contribution in [-0.4, -0.2) is 34.0 Å². The number of hydrogen-bond donors (Lipinski definition) is 0. The molecule has 6 nitrogen and oxygen atoms in total. The number of aromatic nitrogens is 4. The van der Waals surface area contributed by atoms with Crippen LogP contribution in [0.25, 0.3) is 16.9 Å². The maximum absolute atomic E-state index is 13.1. The van der Waals surface area contributed by atoms with Gasteiger partial charge in [-0.15, -0.1) is 10.2 Å². The van der Waals surface area contributed by atoms with Gasteiger partial charge in [0, 0.05) is 12.7 Å². The molecule has 0 unspecified atom stereocenters. The van der Waals surface area contributed by atoms with Crippen LogP contribution in [0.1, 0.15) is 25.2 Å². The summed E-state index contributed by atoms with van der Waals surface area (Å²) in [5.41, 5.74) is 1.19. The second-order valence-electron chi connectivity index (χ2n) is 6.14. The quantitative estimate of drug-likeness (QED) is 0.705. The minimum Gasteiger partial charge on any atom is -0.496 e. The first kappa shape index (κ1) is 18.1. The van der Waals surface area contributed by atoms with Crippen LogP contribution in [0, 0.1) is 0 Å². The van der Waals surface area contributed by atoms with Crippen molar-refractivity contribution in [2.45, 2.75) is 25.6 Å². The van der Waals surface area contributed by atoms with Crippen LogP contribution >= 0.6 is 0 Å². The van der Waals surface area contributed by atoms with Crippen LogP contribution in [0.4, 0.5) is 13.2 Å². The number of halogens is 3. The van der Waals surface area contributed by atoms with E-state index < -0.39 is 17.6 Å². The van der Waals surface area contributed by atoms with Crippen LogP contribution in [0.5, 0.6) is 5.75 Å². The summed E-state index contributed by atoms with van der Waals surface area (Å²) in [7, 11) is 3.08. The first-order valence-electron chi connectivity index (χ1n) is 7.71. The minimum atomic E-state index is -4.65. The molecule has 3 aromatic rings. The minimum absolute atomic E-state index is 0.0113. The number of ether oxygens (including phenoxy) is 2. The van der Waals surface area contributed by atoms with E-state index in [1.807, 2.05) is 19.9 Å². The third kappa shape index (κ3) is 3.10. The molecule has 9 heteroatoms. The van der Waals surface area contributed by atoms with E-state index in [0.29, 0.717) is 21.5 Å². The van der Waals surface area contributed by atoms with Crippen molar-refractivity contribution >= 4 is 5.65 Å². The number of alkyl halides is 3. The van der Waals surface area contributed by atoms with Gasteiger partial charge in [-0.25, -0.2) is 0 Å². The Hall–Kier alpha value is -2.68. The van der Waals surface area contributed by atoms with E-state index in [4.69, 9.17) is 9.47 Å². The maximum atomic E-state index is 13.1. The zero-order valence-electron chi connectivity index (χ0n) is 14.6. The first-order chi connectivity index (χ1) is 12.2. The van der Waals surface area contributed by atoms with Crippen molar-refractivity contribution in [2.75, 3.05) is 14.2 Å². The smallest absolute Gasteiger partial charge is 0.453 e. The molecule has 0 saturated heterocycles. The molecule has 138 valence electrons. The molecule has 2 heterocycles. The van der Waals surface area contributed by atoms with Gasteiger partial charge in [0.15, 0.2) is 5.65 Å². The van der Waals surface area contributed by atoms with E-state index in [1.54, 1.807) is 25.3 Å². The molecule has 0 aliphatic rings. The Morgan fingerprint density at radius 2 is 1.73 bits per heavy atom. The largest absolute Gasteiger partial charge is 0.496 e. The number of nitrogens with zero attached hydrogens (tertiary/aromatic N) is 4. The Morgan fingerprint density at radius 1 is 1.00 bits per heavy atom. The van der Waals surface area contributed by atoms with Gasteiger partial charge in [-0.2, -0.15) is 22.8 Å². The first-order valence-corrected chi connectivity index (χ1v) is 7.71. The number of methoxy groups -OCH3 is 2. The summed E-state index contributed by atoms with van der Waals surface area (Å²) in [4.78, 5) is 0. The Morgan fingerprint density at radius 3 is 2.35 bits per heavy atom. The van der Waals surface area contributed by atoms with Gasteiger partial charge in [0.1, 0.15) is 5.75 Å². The predicted molar refractivity (Wildman–Crippen MR) is 87.8 cm³/mol. The van der Waals surface area contributed by atoms with Gasteiger partial charge in [0.25, 0.3) is 5.82 Å². The van der Waals surface area contributed by atoms with Crippen molar-refractivity contribution in [3.05, 3.63) is 41.7 Å². The van der Waals surface area contributed by atoms with Crippen LogP contribution in [0.15, 0.2) is 30.3 Å². The van der Waals surface area contributed by atoms with Gasteiger partial charge in [-0.05, 0) is 43.7 Å². The Labute approximate surface area is 147 Å². The number of rotatable bonds is 4. The lowest BCUT2D eigenvalue weighted by Crippen LogP contribution is -2.19. The van der Waals surface area contributed by atoms with Crippen molar-refractivity contribution in [1.82, 2.24) is 19.8 Å². The molecule has 0 atom stereocenters. The second-order valence-corrected chi connectivity index (χ2v) is 6.14. The van der Waals surface area contributed by atoms with E-state index >= 15 is 0 Å². The molecule has 0 N–H and O–H groups in total. The lowest BCUT2D eigenvalue weighted by atomic mass is 9.95. The lowest BCUT2D eigenvalue weighted by molar-refractivity contribution is -0.146. The highest BCUT2D eigenvalue weighted by atomic mass is 19.4. The fraction of sp³-hybridized carbons (Fsp3) is 0.353. The number of fused-ring (bicyclic) bond motifs is 1. The summed E-state index contributed by atoms with van der Waals surface area (Å²) in [6.07, 6.45) is -4.65. The van der Waals surface area contributed by atoms with Gasteiger partial charge in [-0.3, -0.25) is 0 Å². The van der Waals surface area contributed by atoms with E-state index in [2.05, 4.69) is 15.3 Å². The summed E-state index contributed by atoms with van der Waals surface area (Å²) >= 11 is 0. The summed E-state index contributed by atoms with van der Waals surface area (Å²) in [6.45, 7) is 3.80. The Kier molecular flexibility index (Phi) is 4.35. The van der Waals surface area contributed by atoms with Gasteiger partial charge in [0.05, 0.1) is 18.4 Å². The van der Waals surface area contributed by atoms with E-state index in [1.165, 1.54) is 13.2 Å². The molecule has 26 heavy (non-hydrogen) atoms. The summed E-state index contributed by atoms with van der Waals surface area (Å²) in [5, 5.41) is 10.7. The monoisotopic (exact) mass is 366 g/mol. The van der Waals surface area contributed by atoms with E-state index in [0.717, 1.165) is 5.56 Å². The van der Waals surface area contributed by atoms with Crippen molar-refractivity contribution in [3.63, 3.8) is 0 Å². The number of benzene rings is 1. The molecule has 0 aliphatic carbocycles. The molecule has 0 radical (unpaired) electrons. The topological polar surface area (TPSA) is 61.5 Å². The van der Waals surface area contributed by atoms with Gasteiger partial charge in [0.2, 0.25) is 0 Å². The van der Waals surface area contributed by atoms with Crippen LogP contribution in [-0.2, 0) is 16.5 Å². The molecule has 0 saturated carbocycles. The molecule has 0 aliphatic heterocycles.